The van der Waals surface area contributed by atoms with Crippen molar-refractivity contribution in [2.24, 2.45) is 0 Å². The number of carbonyl (C=O) groups excluding carboxylic acids is 1. The minimum absolute atomic E-state index is 0.0517. The molecule has 0 amide bonds. The Kier molecular flexibility index (Phi) is 4.64. The van der Waals surface area contributed by atoms with E-state index < -0.39 is 0 Å². The van der Waals surface area contributed by atoms with Gasteiger partial charge >= 0.3 is 0 Å². The van der Waals surface area contributed by atoms with Crippen LogP contribution in [-0.2, 0) is 0 Å². The second-order valence-electron chi connectivity index (χ2n) is 4.64. The summed E-state index contributed by atoms with van der Waals surface area (Å²) in [4.78, 5) is 12.1. The van der Waals surface area contributed by atoms with Gasteiger partial charge in [0.1, 0.15) is 0 Å². The van der Waals surface area contributed by atoms with Crippen LogP contribution in [0, 0.1) is 13.8 Å². The van der Waals surface area contributed by atoms with Gasteiger partial charge in [-0.25, -0.2) is 0 Å². The highest BCUT2D eigenvalue weighted by atomic mass is 35.5. The predicted octanol–water partition coefficient (Wildman–Crippen LogP) is 5.51. The van der Waals surface area contributed by atoms with Gasteiger partial charge in [0.2, 0.25) is 0 Å². The summed E-state index contributed by atoms with van der Waals surface area (Å²) in [6.07, 6.45) is 3.20. The SMILES string of the molecule is Cc1ccc(C(=O)/C=C/c2cccc(Cl)c2Cl)cc1C. The largest absolute Gasteiger partial charge is 0.289 e. The van der Waals surface area contributed by atoms with E-state index in [0.29, 0.717) is 15.6 Å². The molecule has 1 nitrogen and oxygen atoms in total. The zero-order valence-electron chi connectivity index (χ0n) is 11.3. The van der Waals surface area contributed by atoms with Crippen molar-refractivity contribution in [3.8, 4) is 0 Å². The number of aryl methyl sites for hydroxylation is 2. The highest BCUT2D eigenvalue weighted by molar-refractivity contribution is 6.42. The van der Waals surface area contributed by atoms with Crippen molar-refractivity contribution in [3.63, 3.8) is 0 Å². The van der Waals surface area contributed by atoms with Crippen LogP contribution in [0.5, 0.6) is 0 Å². The number of halogens is 2. The fraction of sp³-hybridized carbons (Fsp3) is 0.118. The van der Waals surface area contributed by atoms with E-state index in [1.807, 2.05) is 38.1 Å². The molecule has 0 saturated heterocycles. The van der Waals surface area contributed by atoms with Crippen LogP contribution in [-0.4, -0.2) is 5.78 Å². The third-order valence-corrected chi connectivity index (χ3v) is 4.02. The molecule has 20 heavy (non-hydrogen) atoms. The van der Waals surface area contributed by atoms with Gasteiger partial charge in [0.25, 0.3) is 0 Å². The van der Waals surface area contributed by atoms with Crippen LogP contribution in [0.1, 0.15) is 27.0 Å². The van der Waals surface area contributed by atoms with Crippen molar-refractivity contribution >= 4 is 35.1 Å². The average molecular weight is 305 g/mol. The summed E-state index contributed by atoms with van der Waals surface area (Å²) in [6.45, 7) is 4.01. The van der Waals surface area contributed by atoms with Gasteiger partial charge in [-0.3, -0.25) is 4.79 Å². The van der Waals surface area contributed by atoms with Crippen LogP contribution in [0.15, 0.2) is 42.5 Å². The van der Waals surface area contributed by atoms with Crippen LogP contribution < -0.4 is 0 Å². The summed E-state index contributed by atoms with van der Waals surface area (Å²) in [6, 6.07) is 11.0. The lowest BCUT2D eigenvalue weighted by molar-refractivity contribution is 0.104. The van der Waals surface area contributed by atoms with Gasteiger partial charge in [-0.1, -0.05) is 47.5 Å². The van der Waals surface area contributed by atoms with Crippen molar-refractivity contribution in [2.75, 3.05) is 0 Å². The van der Waals surface area contributed by atoms with Gasteiger partial charge in [0.15, 0.2) is 5.78 Å². The van der Waals surface area contributed by atoms with Crippen LogP contribution >= 0.6 is 23.2 Å². The molecule has 2 aromatic carbocycles. The maximum Gasteiger partial charge on any atom is 0.185 e. The van der Waals surface area contributed by atoms with Crippen LogP contribution in [0.4, 0.5) is 0 Å². The molecular formula is C17H14Cl2O. The number of rotatable bonds is 3. The van der Waals surface area contributed by atoms with E-state index in [4.69, 9.17) is 23.2 Å². The Morgan fingerprint density at radius 2 is 1.80 bits per heavy atom. The predicted molar refractivity (Wildman–Crippen MR) is 85.7 cm³/mol. The molecule has 0 aromatic heterocycles. The van der Waals surface area contributed by atoms with E-state index in [2.05, 4.69) is 0 Å². The first-order valence-corrected chi connectivity index (χ1v) is 6.98. The molecule has 2 rings (SSSR count). The van der Waals surface area contributed by atoms with E-state index in [-0.39, 0.29) is 5.78 Å². The van der Waals surface area contributed by atoms with E-state index >= 15 is 0 Å². The Balaban J connectivity index is 2.24. The highest BCUT2D eigenvalue weighted by Crippen LogP contribution is 2.26. The zero-order chi connectivity index (χ0) is 14.7. The van der Waals surface area contributed by atoms with Crippen LogP contribution in [0.25, 0.3) is 6.08 Å². The molecule has 0 radical (unpaired) electrons. The number of ketones is 1. The van der Waals surface area contributed by atoms with Crippen LogP contribution in [0.2, 0.25) is 10.0 Å². The number of carbonyl (C=O) groups is 1. The number of benzene rings is 2. The summed E-state index contributed by atoms with van der Waals surface area (Å²) in [5, 5.41) is 0.936. The maximum atomic E-state index is 12.1. The summed E-state index contributed by atoms with van der Waals surface area (Å²) in [5.41, 5.74) is 3.67. The van der Waals surface area contributed by atoms with Gasteiger partial charge in [0, 0.05) is 5.56 Å². The van der Waals surface area contributed by atoms with Gasteiger partial charge < -0.3 is 0 Å². The van der Waals surface area contributed by atoms with Gasteiger partial charge in [-0.15, -0.1) is 0 Å². The molecule has 3 heteroatoms. The van der Waals surface area contributed by atoms with E-state index in [0.717, 1.165) is 11.1 Å². The second kappa shape index (κ2) is 6.25. The quantitative estimate of drug-likeness (QED) is 0.540. The normalized spacial score (nSPS) is 11.0. The Labute approximate surface area is 128 Å². The minimum Gasteiger partial charge on any atom is -0.289 e. The summed E-state index contributed by atoms with van der Waals surface area (Å²) in [7, 11) is 0. The molecule has 0 aliphatic heterocycles. The van der Waals surface area contributed by atoms with Crippen molar-refractivity contribution in [1.82, 2.24) is 0 Å². The Morgan fingerprint density at radius 1 is 1.05 bits per heavy atom. The second-order valence-corrected chi connectivity index (χ2v) is 5.42. The summed E-state index contributed by atoms with van der Waals surface area (Å²) in [5.74, 6) is -0.0517. The van der Waals surface area contributed by atoms with E-state index in [1.165, 1.54) is 11.6 Å². The van der Waals surface area contributed by atoms with Crippen LogP contribution in [0.3, 0.4) is 0 Å². The lowest BCUT2D eigenvalue weighted by atomic mass is 10.0. The first-order valence-electron chi connectivity index (χ1n) is 6.22. The molecule has 0 bridgehead atoms. The van der Waals surface area contributed by atoms with Gasteiger partial charge in [-0.05, 0) is 54.8 Å². The molecule has 0 atom stereocenters. The third-order valence-electron chi connectivity index (χ3n) is 3.19. The third kappa shape index (κ3) is 3.30. The first-order chi connectivity index (χ1) is 9.49. The summed E-state index contributed by atoms with van der Waals surface area (Å²) >= 11 is 12.0. The van der Waals surface area contributed by atoms with Gasteiger partial charge in [-0.2, -0.15) is 0 Å². The molecular weight excluding hydrogens is 291 g/mol. The number of allylic oxidation sites excluding steroid dienone is 1. The monoisotopic (exact) mass is 304 g/mol. The van der Waals surface area contributed by atoms with Crippen molar-refractivity contribution in [2.45, 2.75) is 13.8 Å². The lowest BCUT2D eigenvalue weighted by Crippen LogP contribution is -1.95. The average Bonchev–Trinajstić information content (AvgIpc) is 2.43. The first kappa shape index (κ1) is 14.8. The minimum atomic E-state index is -0.0517. The molecule has 0 fully saturated rings. The van der Waals surface area contributed by atoms with Crippen molar-refractivity contribution in [3.05, 3.63) is 74.8 Å². The number of hydrogen-bond acceptors (Lipinski definition) is 1. The molecule has 0 unspecified atom stereocenters. The van der Waals surface area contributed by atoms with Crippen molar-refractivity contribution in [1.29, 1.82) is 0 Å². The van der Waals surface area contributed by atoms with Gasteiger partial charge in [0.05, 0.1) is 10.0 Å². The molecule has 0 heterocycles. The lowest BCUT2D eigenvalue weighted by Gasteiger charge is -2.02. The molecule has 0 N–H and O–H groups in total. The Morgan fingerprint density at radius 3 is 2.50 bits per heavy atom. The molecule has 2 aromatic rings. The van der Waals surface area contributed by atoms with E-state index in [1.54, 1.807) is 18.2 Å². The molecule has 102 valence electrons. The highest BCUT2D eigenvalue weighted by Gasteiger charge is 2.05. The topological polar surface area (TPSA) is 17.1 Å². The summed E-state index contributed by atoms with van der Waals surface area (Å²) < 4.78 is 0. The fourth-order valence-electron chi connectivity index (χ4n) is 1.81. The van der Waals surface area contributed by atoms with E-state index in [9.17, 15) is 4.79 Å². The molecule has 0 spiro atoms. The van der Waals surface area contributed by atoms with Crippen molar-refractivity contribution < 1.29 is 4.79 Å². The fourth-order valence-corrected chi connectivity index (χ4v) is 2.18. The maximum absolute atomic E-state index is 12.1. The Bertz CT molecular complexity index is 687. The standard InChI is InChI=1S/C17H14Cl2O/c1-11-6-7-14(10-12(11)2)16(20)9-8-13-4-3-5-15(18)17(13)19/h3-10H,1-2H3/b9-8+. The molecule has 0 aliphatic carbocycles. The molecule has 0 aliphatic rings. The smallest absolute Gasteiger partial charge is 0.185 e. The Hall–Kier alpha value is -1.57. The molecule has 0 saturated carbocycles. The zero-order valence-corrected chi connectivity index (χ0v) is 12.8. The number of hydrogen-bond donors (Lipinski definition) is 0.